The molecule has 0 bridgehead atoms. The highest BCUT2D eigenvalue weighted by molar-refractivity contribution is 5.14. The van der Waals surface area contributed by atoms with E-state index in [0.29, 0.717) is 6.73 Å². The molecule has 0 N–H and O–H groups in total. The van der Waals surface area contributed by atoms with Crippen LogP contribution >= 0.6 is 0 Å². The summed E-state index contributed by atoms with van der Waals surface area (Å²) in [7, 11) is 0. The second-order valence-corrected chi connectivity index (χ2v) is 7.55. The van der Waals surface area contributed by atoms with Crippen LogP contribution in [0.2, 0.25) is 0 Å². The van der Waals surface area contributed by atoms with Crippen molar-refractivity contribution in [1.29, 1.82) is 0 Å². The fourth-order valence-electron chi connectivity index (χ4n) is 3.40. The molecule has 1 aromatic carbocycles. The molecule has 27 heavy (non-hydrogen) atoms. The second-order valence-electron chi connectivity index (χ2n) is 7.55. The summed E-state index contributed by atoms with van der Waals surface area (Å²) in [6.07, 6.45) is 19.4. The van der Waals surface area contributed by atoms with Crippen LogP contribution in [0.25, 0.3) is 0 Å². The summed E-state index contributed by atoms with van der Waals surface area (Å²) in [4.78, 5) is 2.36. The molecule has 0 amide bonds. The van der Waals surface area contributed by atoms with E-state index >= 15 is 0 Å². The second kappa shape index (κ2) is 17.9. The van der Waals surface area contributed by atoms with Gasteiger partial charge in [0, 0.05) is 20.0 Å². The van der Waals surface area contributed by atoms with Gasteiger partial charge < -0.3 is 4.74 Å². The van der Waals surface area contributed by atoms with E-state index in [1.165, 1.54) is 82.6 Å². The molecule has 0 spiro atoms. The molecule has 1 rings (SSSR count). The molecule has 0 aliphatic heterocycles. The Hall–Kier alpha value is -1.46. The Morgan fingerprint density at radius 1 is 0.778 bits per heavy atom. The average Bonchev–Trinajstić information content (AvgIpc) is 2.69. The molecular formula is C25H41NO. The van der Waals surface area contributed by atoms with Crippen molar-refractivity contribution in [3.8, 4) is 12.0 Å². The highest BCUT2D eigenvalue weighted by Crippen LogP contribution is 2.13. The Morgan fingerprint density at radius 3 is 1.89 bits per heavy atom. The third-order valence-corrected chi connectivity index (χ3v) is 5.00. The number of nitrogens with zero attached hydrogens (tertiary/aromatic N) is 1. The van der Waals surface area contributed by atoms with Crippen molar-refractivity contribution in [2.75, 3.05) is 13.3 Å². The standard InChI is InChI=1S/C25H41NO/c1-3-5-6-7-8-9-10-11-12-13-14-18-21-26(24-27-22-4-2)23-25-19-16-15-17-20-25/h15-17,19-20H,3,5-14,18,21,23-24H2,1-2H3. The molecule has 0 heterocycles. The van der Waals surface area contributed by atoms with Gasteiger partial charge in [0.25, 0.3) is 0 Å². The van der Waals surface area contributed by atoms with Crippen molar-refractivity contribution in [3.63, 3.8) is 0 Å². The van der Waals surface area contributed by atoms with Crippen molar-refractivity contribution in [2.24, 2.45) is 0 Å². The van der Waals surface area contributed by atoms with Crippen molar-refractivity contribution >= 4 is 0 Å². The summed E-state index contributed by atoms with van der Waals surface area (Å²) in [5.41, 5.74) is 1.34. The summed E-state index contributed by atoms with van der Waals surface area (Å²) in [6.45, 7) is 6.70. The van der Waals surface area contributed by atoms with Gasteiger partial charge in [-0.25, -0.2) is 0 Å². The smallest absolute Gasteiger partial charge is 0.154 e. The zero-order valence-corrected chi connectivity index (χ0v) is 17.8. The van der Waals surface area contributed by atoms with E-state index in [4.69, 9.17) is 4.74 Å². The first-order valence-electron chi connectivity index (χ1n) is 11.2. The fraction of sp³-hybridized carbons (Fsp3) is 0.680. The number of ether oxygens (including phenoxy) is 1. The normalized spacial score (nSPS) is 10.6. The van der Waals surface area contributed by atoms with E-state index < -0.39 is 0 Å². The molecule has 0 aliphatic carbocycles. The molecule has 152 valence electrons. The number of rotatable bonds is 17. The van der Waals surface area contributed by atoms with Crippen LogP contribution in [-0.2, 0) is 11.3 Å². The molecule has 0 saturated heterocycles. The predicted octanol–water partition coefficient (Wildman–Crippen LogP) is 7.14. The Kier molecular flexibility index (Phi) is 15.7. The van der Waals surface area contributed by atoms with E-state index in [0.717, 1.165) is 13.1 Å². The van der Waals surface area contributed by atoms with Crippen LogP contribution in [0.4, 0.5) is 0 Å². The van der Waals surface area contributed by atoms with Gasteiger partial charge in [-0.1, -0.05) is 114 Å². The van der Waals surface area contributed by atoms with Crippen molar-refractivity contribution in [1.82, 2.24) is 4.90 Å². The molecule has 0 aromatic heterocycles. The Bertz CT molecular complexity index is 488. The van der Waals surface area contributed by atoms with Gasteiger partial charge in [-0.05, 0) is 12.0 Å². The van der Waals surface area contributed by atoms with Gasteiger partial charge in [0.15, 0.2) is 6.73 Å². The van der Waals surface area contributed by atoms with Gasteiger partial charge in [-0.15, -0.1) is 0 Å². The number of hydrogen-bond donors (Lipinski definition) is 0. The first kappa shape index (κ1) is 23.6. The third-order valence-electron chi connectivity index (χ3n) is 5.00. The maximum absolute atomic E-state index is 5.44. The molecule has 1 aromatic rings. The molecular weight excluding hydrogens is 330 g/mol. The van der Waals surface area contributed by atoms with Crippen LogP contribution in [-0.4, -0.2) is 18.2 Å². The summed E-state index contributed by atoms with van der Waals surface area (Å²) in [5, 5.41) is 0. The lowest BCUT2D eigenvalue weighted by Gasteiger charge is -2.20. The highest BCUT2D eigenvalue weighted by atomic mass is 16.5. The van der Waals surface area contributed by atoms with E-state index in [1.54, 1.807) is 0 Å². The van der Waals surface area contributed by atoms with E-state index in [9.17, 15) is 0 Å². The quantitative estimate of drug-likeness (QED) is 0.164. The topological polar surface area (TPSA) is 12.5 Å². The molecule has 2 heteroatoms. The minimum Gasteiger partial charge on any atom is -0.430 e. The lowest BCUT2D eigenvalue weighted by atomic mass is 10.1. The molecule has 0 radical (unpaired) electrons. The summed E-state index contributed by atoms with van der Waals surface area (Å²) >= 11 is 0. The summed E-state index contributed by atoms with van der Waals surface area (Å²) in [5.74, 6) is 2.80. The number of benzene rings is 1. The number of unbranched alkanes of at least 4 members (excludes halogenated alkanes) is 11. The Balaban J connectivity index is 2.06. The van der Waals surface area contributed by atoms with Crippen molar-refractivity contribution in [2.45, 2.75) is 97.4 Å². The highest BCUT2D eigenvalue weighted by Gasteiger charge is 2.06. The van der Waals surface area contributed by atoms with Gasteiger partial charge in [-0.3, -0.25) is 4.90 Å². The zero-order valence-electron chi connectivity index (χ0n) is 17.8. The zero-order chi connectivity index (χ0) is 19.4. The molecule has 2 nitrogen and oxygen atoms in total. The van der Waals surface area contributed by atoms with E-state index in [2.05, 4.69) is 54.2 Å². The van der Waals surface area contributed by atoms with Crippen LogP contribution < -0.4 is 0 Å². The fourth-order valence-corrected chi connectivity index (χ4v) is 3.40. The van der Waals surface area contributed by atoms with Crippen LogP contribution in [0.1, 0.15) is 96.5 Å². The predicted molar refractivity (Wildman–Crippen MR) is 117 cm³/mol. The largest absolute Gasteiger partial charge is 0.430 e. The minimum absolute atomic E-state index is 0.591. The van der Waals surface area contributed by atoms with Crippen LogP contribution in [0.5, 0.6) is 0 Å². The van der Waals surface area contributed by atoms with Gasteiger partial charge in [0.2, 0.25) is 0 Å². The first-order chi connectivity index (χ1) is 13.4. The molecule has 0 saturated carbocycles. The summed E-state index contributed by atoms with van der Waals surface area (Å²) < 4.78 is 5.44. The average molecular weight is 372 g/mol. The lowest BCUT2D eigenvalue weighted by molar-refractivity contribution is 0.0954. The van der Waals surface area contributed by atoms with Crippen LogP contribution in [0.15, 0.2) is 30.3 Å². The lowest BCUT2D eigenvalue weighted by Crippen LogP contribution is -2.26. The minimum atomic E-state index is 0.591. The van der Waals surface area contributed by atoms with Gasteiger partial charge >= 0.3 is 0 Å². The van der Waals surface area contributed by atoms with Crippen LogP contribution in [0, 0.1) is 12.0 Å². The van der Waals surface area contributed by atoms with E-state index in [1.807, 2.05) is 6.92 Å². The monoisotopic (exact) mass is 371 g/mol. The molecule has 0 atom stereocenters. The first-order valence-corrected chi connectivity index (χ1v) is 11.2. The van der Waals surface area contributed by atoms with E-state index in [-0.39, 0.29) is 0 Å². The third kappa shape index (κ3) is 14.3. The van der Waals surface area contributed by atoms with Gasteiger partial charge in [0.05, 0.1) is 0 Å². The van der Waals surface area contributed by atoms with Crippen molar-refractivity contribution in [3.05, 3.63) is 35.9 Å². The molecule has 0 aliphatic rings. The van der Waals surface area contributed by atoms with Gasteiger partial charge in [-0.2, -0.15) is 0 Å². The maximum atomic E-state index is 5.44. The summed E-state index contributed by atoms with van der Waals surface area (Å²) in [6, 6.07) is 10.6. The Labute approximate surface area is 168 Å². The van der Waals surface area contributed by atoms with Crippen LogP contribution in [0.3, 0.4) is 0 Å². The molecule has 0 fully saturated rings. The van der Waals surface area contributed by atoms with Gasteiger partial charge in [0.1, 0.15) is 6.11 Å². The Morgan fingerprint density at radius 2 is 1.33 bits per heavy atom. The molecule has 0 unspecified atom stereocenters. The SMILES string of the molecule is CC#COCN(CCCCCCCCCCCCCC)Cc1ccccc1. The maximum Gasteiger partial charge on any atom is 0.154 e. The number of hydrogen-bond acceptors (Lipinski definition) is 2. The van der Waals surface area contributed by atoms with Crippen molar-refractivity contribution < 1.29 is 4.74 Å².